The number of aliphatic carboxylic acids is 1. The smallest absolute Gasteiger partial charge is 0.410 e. The highest BCUT2D eigenvalue weighted by Crippen LogP contribution is 2.40. The molecule has 38 heavy (non-hydrogen) atoms. The molecule has 3 aromatic rings. The Kier molecular flexibility index (Phi) is 6.07. The lowest BCUT2D eigenvalue weighted by Crippen LogP contribution is -2.66. The normalized spacial score (nSPS) is 21.4. The quantitative estimate of drug-likeness (QED) is 0.513. The summed E-state index contributed by atoms with van der Waals surface area (Å²) in [6, 6.07) is 21.9. The number of carbonyl (C=O) groups is 3. The first-order chi connectivity index (χ1) is 18.5. The van der Waals surface area contributed by atoms with Gasteiger partial charge in [-0.2, -0.15) is 0 Å². The zero-order valence-corrected chi connectivity index (χ0v) is 20.6. The van der Waals surface area contributed by atoms with Crippen molar-refractivity contribution >= 4 is 41.6 Å². The van der Waals surface area contributed by atoms with E-state index in [2.05, 4.69) is 0 Å². The number of likely N-dealkylation sites (tertiary alicyclic amines) is 1. The van der Waals surface area contributed by atoms with Crippen LogP contribution in [0.4, 0.5) is 21.0 Å². The molecule has 8 nitrogen and oxygen atoms in total. The first-order valence-electron chi connectivity index (χ1n) is 12.7. The molecule has 3 aliphatic rings. The molecule has 0 aromatic heterocycles. The van der Waals surface area contributed by atoms with E-state index in [1.54, 1.807) is 4.90 Å². The summed E-state index contributed by atoms with van der Waals surface area (Å²) in [5.74, 6) is -1.14. The predicted molar refractivity (Wildman–Crippen MR) is 143 cm³/mol. The molecule has 0 unspecified atom stereocenters. The Morgan fingerprint density at radius 1 is 0.816 bits per heavy atom. The molecule has 2 saturated heterocycles. The summed E-state index contributed by atoms with van der Waals surface area (Å²) in [5.41, 5.74) is 3.92. The van der Waals surface area contributed by atoms with E-state index in [4.69, 9.17) is 4.74 Å². The SMILES string of the molecule is O=C(O)[C@@H]1[C@H]2CC[C@@H](CN1C(=O)N1c3ccccc3C=Cc3ccccc31)N2C(=O)OCc1ccccc1. The van der Waals surface area contributed by atoms with Gasteiger partial charge in [-0.15, -0.1) is 0 Å². The van der Waals surface area contributed by atoms with Gasteiger partial charge in [-0.05, 0) is 41.7 Å². The van der Waals surface area contributed by atoms with Crippen LogP contribution >= 0.6 is 0 Å². The minimum absolute atomic E-state index is 0.102. The number of carboxylic acids is 1. The summed E-state index contributed by atoms with van der Waals surface area (Å²) in [4.78, 5) is 44.6. The summed E-state index contributed by atoms with van der Waals surface area (Å²) in [6.45, 7) is 0.214. The third kappa shape index (κ3) is 4.08. The number of benzene rings is 3. The highest BCUT2D eigenvalue weighted by molar-refractivity contribution is 6.06. The third-order valence-corrected chi connectivity index (χ3v) is 7.56. The monoisotopic (exact) mass is 509 g/mol. The van der Waals surface area contributed by atoms with Crippen molar-refractivity contribution in [2.24, 2.45) is 0 Å². The summed E-state index contributed by atoms with van der Waals surface area (Å²) >= 11 is 0. The molecule has 3 aromatic carbocycles. The number of carbonyl (C=O) groups excluding carboxylic acids is 2. The Hall–Kier alpha value is -4.59. The van der Waals surface area contributed by atoms with Crippen LogP contribution in [-0.2, 0) is 16.1 Å². The predicted octanol–water partition coefficient (Wildman–Crippen LogP) is 5.37. The molecule has 2 fully saturated rings. The second kappa shape index (κ2) is 9.70. The molecule has 3 heterocycles. The van der Waals surface area contributed by atoms with Gasteiger partial charge in [-0.25, -0.2) is 14.4 Å². The van der Waals surface area contributed by atoms with Gasteiger partial charge in [-0.3, -0.25) is 9.80 Å². The second-order valence-electron chi connectivity index (χ2n) is 9.75. The van der Waals surface area contributed by atoms with Gasteiger partial charge in [-0.1, -0.05) is 78.9 Å². The highest BCUT2D eigenvalue weighted by atomic mass is 16.6. The Bertz CT molecular complexity index is 1370. The zero-order chi connectivity index (χ0) is 26.2. The summed E-state index contributed by atoms with van der Waals surface area (Å²) in [5, 5.41) is 10.3. The number of rotatable bonds is 3. The summed E-state index contributed by atoms with van der Waals surface area (Å²) in [6.07, 6.45) is 4.46. The Morgan fingerprint density at radius 2 is 1.42 bits per heavy atom. The van der Waals surface area contributed by atoms with E-state index in [9.17, 15) is 19.5 Å². The lowest BCUT2D eigenvalue weighted by Gasteiger charge is -2.45. The molecule has 0 aliphatic carbocycles. The molecule has 3 aliphatic heterocycles. The van der Waals surface area contributed by atoms with E-state index in [0.29, 0.717) is 24.2 Å². The van der Waals surface area contributed by atoms with Gasteiger partial charge >= 0.3 is 18.1 Å². The van der Waals surface area contributed by atoms with Gasteiger partial charge in [0.25, 0.3) is 0 Å². The molecule has 0 spiro atoms. The standard InChI is InChI=1S/C30H27N3O5/c34-28(35)27-26-17-16-23(32(26)30(37)38-19-20-8-2-1-3-9-20)18-31(27)29(36)33-24-12-6-4-10-21(24)14-15-22-11-5-7-13-25(22)33/h1-15,23,26-27H,16-19H2,(H,34,35)/t23-,26+,27-/m0/s1. The average molecular weight is 510 g/mol. The van der Waals surface area contributed by atoms with Crippen molar-refractivity contribution in [3.63, 3.8) is 0 Å². The Labute approximate surface area is 220 Å². The number of hydrogen-bond acceptors (Lipinski definition) is 4. The number of piperazine rings is 1. The van der Waals surface area contributed by atoms with Gasteiger partial charge < -0.3 is 14.7 Å². The number of carboxylic acid groups (broad SMARTS) is 1. The molecule has 0 saturated carbocycles. The maximum Gasteiger partial charge on any atom is 0.410 e. The summed E-state index contributed by atoms with van der Waals surface area (Å²) in [7, 11) is 0. The number of fused-ring (bicyclic) bond motifs is 4. The molecular formula is C30H27N3O5. The molecule has 6 rings (SSSR count). The minimum atomic E-state index is -1.19. The molecule has 3 atom stereocenters. The number of hydrogen-bond donors (Lipinski definition) is 1. The molecule has 1 N–H and O–H groups in total. The third-order valence-electron chi connectivity index (χ3n) is 7.56. The van der Waals surface area contributed by atoms with Crippen LogP contribution in [0.15, 0.2) is 78.9 Å². The van der Waals surface area contributed by atoms with Crippen LogP contribution in [0.2, 0.25) is 0 Å². The van der Waals surface area contributed by atoms with Crippen LogP contribution in [-0.4, -0.2) is 57.7 Å². The van der Waals surface area contributed by atoms with Crippen LogP contribution in [0.1, 0.15) is 29.5 Å². The number of ether oxygens (including phenoxy) is 1. The lowest BCUT2D eigenvalue weighted by molar-refractivity contribution is -0.146. The molecule has 8 heteroatoms. The molecule has 3 amide bonds. The minimum Gasteiger partial charge on any atom is -0.480 e. The number of anilines is 2. The maximum absolute atomic E-state index is 14.3. The first-order valence-corrected chi connectivity index (χ1v) is 12.7. The van der Waals surface area contributed by atoms with E-state index in [0.717, 1.165) is 16.7 Å². The number of para-hydroxylation sites is 2. The van der Waals surface area contributed by atoms with Crippen LogP contribution in [0, 0.1) is 0 Å². The molecule has 2 bridgehead atoms. The zero-order valence-electron chi connectivity index (χ0n) is 20.6. The molecular weight excluding hydrogens is 482 g/mol. The highest BCUT2D eigenvalue weighted by Gasteiger charge is 2.54. The van der Waals surface area contributed by atoms with Gasteiger partial charge in [0.15, 0.2) is 6.04 Å². The molecule has 0 radical (unpaired) electrons. The van der Waals surface area contributed by atoms with Gasteiger partial charge in [0.2, 0.25) is 0 Å². The average Bonchev–Trinajstić information content (AvgIpc) is 3.14. The second-order valence-corrected chi connectivity index (χ2v) is 9.75. The number of nitrogens with zero attached hydrogens (tertiary/aromatic N) is 3. The largest absolute Gasteiger partial charge is 0.480 e. The van der Waals surface area contributed by atoms with E-state index < -0.39 is 30.2 Å². The van der Waals surface area contributed by atoms with E-state index >= 15 is 0 Å². The van der Waals surface area contributed by atoms with Crippen LogP contribution in [0.3, 0.4) is 0 Å². The van der Waals surface area contributed by atoms with E-state index in [1.807, 2.05) is 91.0 Å². The fourth-order valence-electron chi connectivity index (χ4n) is 5.83. The Morgan fingerprint density at radius 3 is 2.05 bits per heavy atom. The molecule has 192 valence electrons. The van der Waals surface area contributed by atoms with Crippen molar-refractivity contribution in [2.45, 2.75) is 37.6 Å². The van der Waals surface area contributed by atoms with Crippen LogP contribution in [0.5, 0.6) is 0 Å². The number of amides is 3. The fourth-order valence-corrected chi connectivity index (χ4v) is 5.83. The van der Waals surface area contributed by atoms with Crippen LogP contribution < -0.4 is 4.90 Å². The van der Waals surface area contributed by atoms with E-state index in [-0.39, 0.29) is 19.2 Å². The van der Waals surface area contributed by atoms with Crippen molar-refractivity contribution in [1.82, 2.24) is 9.80 Å². The number of urea groups is 1. The van der Waals surface area contributed by atoms with Crippen molar-refractivity contribution in [1.29, 1.82) is 0 Å². The van der Waals surface area contributed by atoms with Crippen molar-refractivity contribution in [2.75, 3.05) is 11.4 Å². The lowest BCUT2D eigenvalue weighted by atomic mass is 10.0. The maximum atomic E-state index is 14.3. The van der Waals surface area contributed by atoms with Crippen molar-refractivity contribution in [3.05, 3.63) is 95.6 Å². The van der Waals surface area contributed by atoms with Gasteiger partial charge in [0.05, 0.1) is 23.5 Å². The summed E-state index contributed by atoms with van der Waals surface area (Å²) < 4.78 is 5.57. The van der Waals surface area contributed by atoms with Crippen LogP contribution in [0.25, 0.3) is 12.2 Å². The first kappa shape index (κ1) is 23.8. The van der Waals surface area contributed by atoms with Crippen molar-refractivity contribution in [3.8, 4) is 0 Å². The van der Waals surface area contributed by atoms with Gasteiger partial charge in [0.1, 0.15) is 6.61 Å². The van der Waals surface area contributed by atoms with Gasteiger partial charge in [0, 0.05) is 6.54 Å². The van der Waals surface area contributed by atoms with E-state index in [1.165, 1.54) is 9.80 Å². The van der Waals surface area contributed by atoms with Crippen molar-refractivity contribution < 1.29 is 24.2 Å². The Balaban J connectivity index is 1.31. The fraction of sp³-hybridized carbons (Fsp3) is 0.233. The topological polar surface area (TPSA) is 90.4 Å².